The van der Waals surface area contributed by atoms with Crippen LogP contribution in [-0.4, -0.2) is 179 Å². The van der Waals surface area contributed by atoms with Crippen LogP contribution in [0.4, 0.5) is 10.1 Å². The molecule has 141 heavy (non-hydrogen) atoms. The fraction of sp³-hybridized carbons (Fsp3) is 0.175. The number of nitro benzene ring substituents is 1. The Morgan fingerprint density at radius 2 is 0.596 bits per heavy atom. The molecule has 12 aromatic carbocycles. The Morgan fingerprint density at radius 3 is 0.901 bits per heavy atom. The number of benzene rings is 12. The number of ether oxygens (including phenoxy) is 6. The number of hydrogen-bond donors (Lipinski definition) is 12. The first-order valence-corrected chi connectivity index (χ1v) is 46.7. The number of nitrogens with one attached hydrogen (secondary N) is 12. The summed E-state index contributed by atoms with van der Waals surface area (Å²) in [5, 5.41) is 37.1. The van der Waals surface area contributed by atoms with Gasteiger partial charge >= 0.3 is 5.69 Å². The lowest BCUT2D eigenvalue weighted by atomic mass is 10.2. The summed E-state index contributed by atoms with van der Waals surface area (Å²) in [5.74, 6) is 5.68. The Bertz CT molecular complexity index is 6760. The Hall–Kier alpha value is -16.6. The number of carbonyl (C=O) groups excluding carboxylic acids is 6. The molecule has 0 aliphatic carbocycles. The molecule has 0 unspecified atom stereocenters. The molecule has 6 amide bonds. The van der Waals surface area contributed by atoms with Crippen LogP contribution in [-0.2, 0) is 67.3 Å². The van der Waals surface area contributed by atoms with E-state index in [2.05, 4.69) is 130 Å². The van der Waals surface area contributed by atoms with Crippen molar-refractivity contribution in [1.29, 1.82) is 5.26 Å². The van der Waals surface area contributed by atoms with E-state index in [1.807, 2.05) is 200 Å². The fourth-order valence-corrected chi connectivity index (χ4v) is 14.2. The van der Waals surface area contributed by atoms with Crippen LogP contribution in [0.1, 0.15) is 57.6 Å². The molecule has 0 saturated carbocycles. The molecule has 6 aromatic heterocycles. The molecule has 0 spiro atoms. The van der Waals surface area contributed by atoms with Crippen LogP contribution in [0.3, 0.4) is 0 Å². The lowest BCUT2D eigenvalue weighted by molar-refractivity contribution is -0.385. The van der Waals surface area contributed by atoms with E-state index in [9.17, 15) is 43.3 Å². The molecule has 0 aliphatic heterocycles. The number of para-hydroxylation sites is 16. The van der Waals surface area contributed by atoms with E-state index in [1.165, 1.54) is 24.3 Å². The number of rotatable bonds is 37. The van der Waals surface area contributed by atoms with Crippen LogP contribution in [0, 0.1) is 30.8 Å². The van der Waals surface area contributed by atoms with Crippen LogP contribution >= 0.6 is 50.1 Å². The highest BCUT2D eigenvalue weighted by atomic mass is 127. The van der Waals surface area contributed by atoms with Crippen LogP contribution in [0.5, 0.6) is 34.5 Å². The maximum Gasteiger partial charge on any atom is 0.310 e. The van der Waals surface area contributed by atoms with Gasteiger partial charge < -0.3 is 90.2 Å². The number of carbonyl (C=O) groups is 6. The van der Waals surface area contributed by atoms with E-state index in [0.717, 1.165) is 109 Å². The van der Waals surface area contributed by atoms with Gasteiger partial charge in [-0.05, 0) is 199 Å². The van der Waals surface area contributed by atoms with Gasteiger partial charge in [-0.15, -0.1) is 0 Å². The second-order valence-electron chi connectivity index (χ2n) is 30.7. The molecule has 34 nitrogen and oxygen atoms in total. The van der Waals surface area contributed by atoms with E-state index in [-0.39, 0.29) is 109 Å². The van der Waals surface area contributed by atoms with Crippen LogP contribution < -0.4 is 60.3 Å². The van der Waals surface area contributed by atoms with E-state index < -0.39 is 10.7 Å². The Labute approximate surface area is 851 Å². The highest BCUT2D eigenvalue weighted by molar-refractivity contribution is 14.1. The summed E-state index contributed by atoms with van der Waals surface area (Å²) in [7, 11) is 0. The topological polar surface area (TPSA) is 469 Å². The van der Waals surface area contributed by atoms with Gasteiger partial charge in [0.15, 0.2) is 57.0 Å². The number of imidazole rings is 6. The molecule has 744 valence electrons. The minimum atomic E-state index is -0.547. The Morgan fingerprint density at radius 1 is 0.348 bits per heavy atom. The standard InChI is InChI=1S/C18H16N4O2.C17H16BrN3O2.C17H16ClN3O2.C17H16FN3O2.C17H16IN3O2.C17H16N4O4.12H2/c19-11-13-5-1-4-8-16(13)24-12-18(23)20-10-9-17-21-14-6-2-3-7-15(14)22-17;2*18-12-5-7-13(8-6-12)23-11-17(22)19-10-9-16-20-14-3-1-2-4-15(14)21-16;18-12-5-1-4-8-15(12)23-11-17(22)19-10-9-16-20-13-6-2-3-7-14(13)21-16;18-12-5-7-13(8-6-12)23-11-17(22)19-10-9-16-20-14-3-1-2-4-15(14)21-16;22-17(11-25-15-8-4-3-7-14(15)21(23)24)18-10-9-16-19-12-5-1-2-6-13(12)20-16;;;;;;;;;;;;/h1-8H,9-10,12H2,(H,20,23)(H,21,22);4*1-8H,9-11H2,(H,19,22)(H,20,21);1-8H,9-11H2,(H,18,22)(H,19,20);12*1H. The largest absolute Gasteiger partial charge is 0.484 e. The summed E-state index contributed by atoms with van der Waals surface area (Å²) in [6.07, 6.45) is 3.69. The number of hydrogen-bond acceptors (Lipinski definition) is 21. The second-order valence-corrected chi connectivity index (χ2v) is 33.3. The van der Waals surface area contributed by atoms with Crippen molar-refractivity contribution in [2.24, 2.45) is 0 Å². The van der Waals surface area contributed by atoms with Crippen molar-refractivity contribution in [2.45, 2.75) is 38.5 Å². The Balaban J connectivity index is 0.000000904. The summed E-state index contributed by atoms with van der Waals surface area (Å²) in [5.41, 5.74) is 11.7. The summed E-state index contributed by atoms with van der Waals surface area (Å²) in [6.45, 7) is 2.18. The first-order valence-electron chi connectivity index (χ1n) is 44.5. The minimum Gasteiger partial charge on any atom is -0.484 e. The predicted molar refractivity (Wildman–Crippen MR) is 571 cm³/mol. The smallest absolute Gasteiger partial charge is 0.310 e. The number of nitriles is 1. The molecule has 38 heteroatoms. The number of amides is 6. The normalized spacial score (nSPS) is 10.6. The molecule has 0 atom stereocenters. The average molecular weight is 2120 g/mol. The van der Waals surface area contributed by atoms with Crippen molar-refractivity contribution in [3.8, 4) is 40.6 Å². The van der Waals surface area contributed by atoms with Gasteiger partial charge in [-0.25, -0.2) is 34.3 Å². The molecule has 0 aliphatic rings. The van der Waals surface area contributed by atoms with Crippen molar-refractivity contribution in [3.05, 3.63) is 361 Å². The SMILES string of the molecule is N#Cc1ccccc1OCC(=O)NCCc1nc2ccccc2[nH]1.O=C(COc1ccc(Br)cc1)NCCc1nc2ccccc2[nH]1.O=C(COc1ccc(Cl)cc1)NCCc1nc2ccccc2[nH]1.O=C(COc1ccc(I)cc1)NCCc1nc2ccccc2[nH]1.O=C(COc1ccccc1F)NCCc1nc2ccccc2[nH]1.O=C(COc1ccccc1[N+](=O)[O-])NCCc1nc2ccccc2[nH]1.[HH].[HH].[HH].[HH].[HH].[HH].[HH].[HH].[HH].[HH].[HH].[HH]. The number of nitrogens with zero attached hydrogens (tertiary/aromatic N) is 8. The van der Waals surface area contributed by atoms with Crippen molar-refractivity contribution >= 4 is 157 Å². The third-order valence-corrected chi connectivity index (χ3v) is 21.8. The number of nitro groups is 1. The molecule has 18 rings (SSSR count). The van der Waals surface area contributed by atoms with Gasteiger partial charge in [-0.2, -0.15) is 5.26 Å². The van der Waals surface area contributed by atoms with Gasteiger partial charge in [0.1, 0.15) is 64.0 Å². The number of aromatic amines is 6. The van der Waals surface area contributed by atoms with E-state index in [4.69, 9.17) is 45.3 Å². The first-order chi connectivity index (χ1) is 68.7. The monoisotopic (exact) mass is 2120 g/mol. The van der Waals surface area contributed by atoms with Crippen molar-refractivity contribution in [1.82, 2.24) is 91.7 Å². The average Bonchev–Trinajstić information content (AvgIpc) is 1.75. The summed E-state index contributed by atoms with van der Waals surface area (Å²) in [6, 6.07) is 89.4. The van der Waals surface area contributed by atoms with E-state index in [0.29, 0.717) is 111 Å². The van der Waals surface area contributed by atoms with Gasteiger partial charge in [-0.3, -0.25) is 38.9 Å². The lowest BCUT2D eigenvalue weighted by Gasteiger charge is -2.08. The van der Waals surface area contributed by atoms with Gasteiger partial charge in [0.05, 0.1) is 76.7 Å². The van der Waals surface area contributed by atoms with Crippen LogP contribution in [0.2, 0.25) is 5.02 Å². The predicted octanol–water partition coefficient (Wildman–Crippen LogP) is 18.7. The second kappa shape index (κ2) is 53.8. The summed E-state index contributed by atoms with van der Waals surface area (Å²) in [4.78, 5) is 127. The molecule has 0 radical (unpaired) electrons. The zero-order valence-electron chi connectivity index (χ0n) is 75.7. The molecule has 0 saturated heterocycles. The van der Waals surface area contributed by atoms with Crippen LogP contribution in [0.15, 0.2) is 296 Å². The lowest BCUT2D eigenvalue weighted by Crippen LogP contribution is -2.30. The van der Waals surface area contributed by atoms with Crippen molar-refractivity contribution in [3.63, 3.8) is 0 Å². The highest BCUT2D eigenvalue weighted by Crippen LogP contribution is 2.27. The van der Waals surface area contributed by atoms with Crippen molar-refractivity contribution in [2.75, 3.05) is 78.9 Å². The van der Waals surface area contributed by atoms with Gasteiger partial charge in [0.25, 0.3) is 35.4 Å². The molecule has 0 fully saturated rings. The minimum absolute atomic E-state index is 0. The van der Waals surface area contributed by atoms with Crippen LogP contribution in [0.25, 0.3) is 66.2 Å². The molecule has 12 N–H and O–H groups in total. The zero-order valence-corrected chi connectivity index (χ0v) is 80.2. The van der Waals surface area contributed by atoms with Crippen molar-refractivity contribution < 1.29 is 83.6 Å². The van der Waals surface area contributed by atoms with Gasteiger partial charge in [-0.1, -0.05) is 137 Å². The third-order valence-electron chi connectivity index (χ3n) is 20.3. The number of fused-ring (bicyclic) bond motifs is 6. The molecule has 0 bridgehead atoms. The molecule has 18 aromatic rings. The quantitative estimate of drug-likeness (QED) is 0.00977. The van der Waals surface area contributed by atoms with E-state index >= 15 is 0 Å². The molecular formula is C103H120BrClFIN20O14. The third kappa shape index (κ3) is 33.7. The summed E-state index contributed by atoms with van der Waals surface area (Å²) >= 11 is 11.4. The number of halogens is 4. The number of H-pyrrole nitrogens is 6. The first kappa shape index (κ1) is 102. The number of aromatic nitrogens is 12. The maximum atomic E-state index is 13.3. The van der Waals surface area contributed by atoms with Gasteiger partial charge in [0, 0.05) is 114 Å². The zero-order chi connectivity index (χ0) is 98.7. The highest BCUT2D eigenvalue weighted by Gasteiger charge is 2.18. The van der Waals surface area contributed by atoms with E-state index in [1.54, 1.807) is 72.8 Å². The summed E-state index contributed by atoms with van der Waals surface area (Å²) < 4.78 is 47.4. The fourth-order valence-electron chi connectivity index (χ4n) is 13.4. The van der Waals surface area contributed by atoms with Gasteiger partial charge in [0.2, 0.25) is 0 Å². The Kier molecular flexibility index (Phi) is 38.8. The molecule has 6 heterocycles. The maximum absolute atomic E-state index is 13.3. The molecular weight excluding hydrogens is 2000 g/mol.